The van der Waals surface area contributed by atoms with Gasteiger partial charge in [-0.2, -0.15) is 0 Å². The Labute approximate surface area is 131 Å². The number of hydrogen-bond donors (Lipinski definition) is 0. The van der Waals surface area contributed by atoms with Gasteiger partial charge in [-0.15, -0.1) is 0 Å². The van der Waals surface area contributed by atoms with Crippen molar-refractivity contribution in [1.82, 2.24) is 0 Å². The van der Waals surface area contributed by atoms with Crippen LogP contribution < -0.4 is 10.2 Å². The molecule has 1 aliphatic rings. The molecule has 0 aliphatic heterocycles. The molecule has 104 valence electrons. The van der Waals surface area contributed by atoms with Crippen LogP contribution in [0.4, 0.5) is 0 Å². The lowest BCUT2D eigenvalue weighted by molar-refractivity contribution is 0.414. The van der Waals surface area contributed by atoms with Gasteiger partial charge in [0.25, 0.3) is 0 Å². The molecule has 0 unspecified atom stereocenters. The predicted molar refractivity (Wildman–Crippen MR) is 87.6 cm³/mol. The van der Waals surface area contributed by atoms with Crippen molar-refractivity contribution in [1.29, 1.82) is 0 Å². The number of hydrogen-bond acceptors (Lipinski definition) is 2. The smallest absolute Gasteiger partial charge is 0.195 e. The lowest BCUT2D eigenvalue weighted by Gasteiger charge is -2.14. The number of methoxy groups -OCH3 is 1. The van der Waals surface area contributed by atoms with Gasteiger partial charge in [0.15, 0.2) is 5.43 Å². The Hall–Kier alpha value is -1.87. The number of rotatable bonds is 1. The van der Waals surface area contributed by atoms with Crippen LogP contribution in [0.3, 0.4) is 0 Å². The van der Waals surface area contributed by atoms with Crippen LogP contribution in [0.5, 0.6) is 5.75 Å². The van der Waals surface area contributed by atoms with E-state index in [9.17, 15) is 4.79 Å². The van der Waals surface area contributed by atoms with Gasteiger partial charge in [-0.3, -0.25) is 4.79 Å². The molecular weight excluding hydrogens is 328 g/mol. The normalized spacial score (nSPS) is 13.0. The molecule has 2 nitrogen and oxygen atoms in total. The van der Waals surface area contributed by atoms with E-state index in [2.05, 4.69) is 28.1 Å². The lowest BCUT2D eigenvalue weighted by atomic mass is 9.92. The standard InChI is InChI=1S/C18H13BrO2/c1-21-13-5-7-15-11(9-13)3-2-10-8-12(19)4-6-14(10)16-17(15)18(16)20/h4-9H,2-3H2,1H3. The lowest BCUT2D eigenvalue weighted by Crippen LogP contribution is -1.98. The van der Waals surface area contributed by atoms with Gasteiger partial charge in [0.05, 0.1) is 7.11 Å². The molecule has 1 aliphatic carbocycles. The zero-order chi connectivity index (χ0) is 14.6. The maximum absolute atomic E-state index is 12.3. The molecule has 0 atom stereocenters. The molecular formula is C18H13BrO2. The van der Waals surface area contributed by atoms with Crippen LogP contribution >= 0.6 is 15.9 Å². The minimum absolute atomic E-state index is 0.187. The molecule has 4 rings (SSSR count). The van der Waals surface area contributed by atoms with E-state index in [0.717, 1.165) is 45.3 Å². The molecule has 0 heterocycles. The minimum Gasteiger partial charge on any atom is -0.497 e. The van der Waals surface area contributed by atoms with Gasteiger partial charge in [0.1, 0.15) is 5.75 Å². The molecule has 0 fully saturated rings. The topological polar surface area (TPSA) is 26.3 Å². The summed E-state index contributed by atoms with van der Waals surface area (Å²) in [6.45, 7) is 0. The van der Waals surface area contributed by atoms with Gasteiger partial charge < -0.3 is 4.74 Å². The second-order valence-electron chi connectivity index (χ2n) is 5.40. The third-order valence-corrected chi connectivity index (χ3v) is 4.72. The molecule has 0 bridgehead atoms. The first-order valence-electron chi connectivity index (χ1n) is 6.94. The van der Waals surface area contributed by atoms with Crippen molar-refractivity contribution in [3.8, 4) is 28.0 Å². The number of halogens is 1. The summed E-state index contributed by atoms with van der Waals surface area (Å²) in [7, 11) is 1.67. The fraction of sp³-hybridized carbons (Fsp3) is 0.167. The molecule has 0 radical (unpaired) electrons. The second kappa shape index (κ2) is 4.57. The highest BCUT2D eigenvalue weighted by molar-refractivity contribution is 9.10. The average molecular weight is 341 g/mol. The summed E-state index contributed by atoms with van der Waals surface area (Å²) < 4.78 is 6.37. The SMILES string of the molecule is COc1ccc2c(c1)CCc1cc(Br)ccc1-c1c-2c1=O. The average Bonchev–Trinajstić information content (AvgIpc) is 3.13. The second-order valence-corrected chi connectivity index (χ2v) is 6.32. The first-order valence-corrected chi connectivity index (χ1v) is 7.73. The van der Waals surface area contributed by atoms with Crippen molar-refractivity contribution in [2.75, 3.05) is 7.11 Å². The van der Waals surface area contributed by atoms with Crippen molar-refractivity contribution in [3.05, 3.63) is 62.2 Å². The van der Waals surface area contributed by atoms with Gasteiger partial charge in [0, 0.05) is 15.6 Å². The van der Waals surface area contributed by atoms with E-state index in [4.69, 9.17) is 4.74 Å². The van der Waals surface area contributed by atoms with Crippen LogP contribution in [0.25, 0.3) is 22.3 Å². The van der Waals surface area contributed by atoms with Crippen LogP contribution in [0.15, 0.2) is 45.7 Å². The Morgan fingerprint density at radius 3 is 2.24 bits per heavy atom. The minimum atomic E-state index is 0.187. The van der Waals surface area contributed by atoms with E-state index >= 15 is 0 Å². The number of benzene rings is 2. The van der Waals surface area contributed by atoms with Crippen LogP contribution in [0.1, 0.15) is 11.1 Å². The molecule has 0 N–H and O–H groups in total. The highest BCUT2D eigenvalue weighted by atomic mass is 79.9. The third kappa shape index (κ3) is 1.95. The zero-order valence-corrected chi connectivity index (χ0v) is 13.2. The van der Waals surface area contributed by atoms with E-state index in [-0.39, 0.29) is 5.43 Å². The highest BCUT2D eigenvalue weighted by Crippen LogP contribution is 2.42. The summed E-state index contributed by atoms with van der Waals surface area (Å²) in [6.07, 6.45) is 1.85. The summed E-state index contributed by atoms with van der Waals surface area (Å²) in [6, 6.07) is 12.2. The summed E-state index contributed by atoms with van der Waals surface area (Å²) in [5.41, 5.74) is 6.56. The Balaban J connectivity index is 1.93. The molecule has 21 heavy (non-hydrogen) atoms. The van der Waals surface area contributed by atoms with Crippen LogP contribution in [0.2, 0.25) is 0 Å². The summed E-state index contributed by atoms with van der Waals surface area (Å²) in [5.74, 6) is 0.846. The Morgan fingerprint density at radius 2 is 1.57 bits per heavy atom. The fourth-order valence-electron chi connectivity index (χ4n) is 3.11. The zero-order valence-electron chi connectivity index (χ0n) is 11.6. The fourth-order valence-corrected chi connectivity index (χ4v) is 3.52. The van der Waals surface area contributed by atoms with E-state index in [1.165, 1.54) is 11.1 Å². The van der Waals surface area contributed by atoms with Crippen molar-refractivity contribution >= 4 is 15.9 Å². The highest BCUT2D eigenvalue weighted by Gasteiger charge is 2.30. The predicted octanol–water partition coefficient (Wildman–Crippen LogP) is 4.13. The van der Waals surface area contributed by atoms with Gasteiger partial charge in [-0.25, -0.2) is 0 Å². The Kier molecular flexibility index (Phi) is 2.79. The molecule has 0 saturated carbocycles. The van der Waals surface area contributed by atoms with Crippen molar-refractivity contribution in [3.63, 3.8) is 0 Å². The summed E-state index contributed by atoms with van der Waals surface area (Å²) >= 11 is 3.52. The van der Waals surface area contributed by atoms with Crippen molar-refractivity contribution < 1.29 is 4.74 Å². The quantitative estimate of drug-likeness (QED) is 0.665. The maximum atomic E-state index is 12.3. The van der Waals surface area contributed by atoms with E-state index in [1.807, 2.05) is 24.3 Å². The van der Waals surface area contributed by atoms with Crippen LogP contribution in [-0.2, 0) is 12.8 Å². The molecule has 0 spiro atoms. The van der Waals surface area contributed by atoms with E-state index in [0.29, 0.717) is 0 Å². The summed E-state index contributed by atoms with van der Waals surface area (Å²) in [5, 5.41) is 0. The van der Waals surface area contributed by atoms with Gasteiger partial charge in [-0.05, 0) is 59.4 Å². The number of fused-ring (bicyclic) bond motifs is 5. The maximum Gasteiger partial charge on any atom is 0.195 e. The van der Waals surface area contributed by atoms with E-state index < -0.39 is 0 Å². The molecule has 0 aromatic heterocycles. The first kappa shape index (κ1) is 12.8. The van der Waals surface area contributed by atoms with Gasteiger partial charge in [0.2, 0.25) is 0 Å². The number of aryl methyl sites for hydroxylation is 2. The summed E-state index contributed by atoms with van der Waals surface area (Å²) in [4.78, 5) is 12.3. The molecule has 3 heteroatoms. The third-order valence-electron chi connectivity index (χ3n) is 4.22. The largest absolute Gasteiger partial charge is 0.497 e. The Bertz CT molecular complexity index is 870. The van der Waals surface area contributed by atoms with Gasteiger partial charge in [-0.1, -0.05) is 28.1 Å². The monoisotopic (exact) mass is 340 g/mol. The molecule has 0 saturated heterocycles. The van der Waals surface area contributed by atoms with Crippen LogP contribution in [0, 0.1) is 0 Å². The van der Waals surface area contributed by atoms with Gasteiger partial charge >= 0.3 is 0 Å². The number of ether oxygens (including phenoxy) is 1. The molecule has 0 amide bonds. The molecule has 3 aromatic carbocycles. The van der Waals surface area contributed by atoms with E-state index in [1.54, 1.807) is 7.11 Å². The van der Waals surface area contributed by atoms with Crippen molar-refractivity contribution in [2.24, 2.45) is 0 Å². The Morgan fingerprint density at radius 1 is 0.952 bits per heavy atom. The van der Waals surface area contributed by atoms with Crippen LogP contribution in [-0.4, -0.2) is 7.11 Å². The molecule has 3 aromatic rings. The van der Waals surface area contributed by atoms with Crippen molar-refractivity contribution in [2.45, 2.75) is 12.8 Å². The first-order chi connectivity index (χ1) is 10.2.